The maximum Gasteiger partial charge on any atom is 0.263 e. The maximum absolute atomic E-state index is 11.9. The van der Waals surface area contributed by atoms with E-state index in [2.05, 4.69) is 10.6 Å². The molecule has 1 unspecified atom stereocenters. The molecule has 0 aromatic heterocycles. The third kappa shape index (κ3) is 5.12. The van der Waals surface area contributed by atoms with Crippen LogP contribution in [0.25, 0.3) is 0 Å². The minimum absolute atomic E-state index is 0.0453. The monoisotopic (exact) mass is 273 g/mol. The van der Waals surface area contributed by atoms with E-state index in [1.165, 1.54) is 6.20 Å². The van der Waals surface area contributed by atoms with E-state index in [1.807, 2.05) is 43.3 Å². The number of amides is 1. The minimum atomic E-state index is -0.395. The highest BCUT2D eigenvalue weighted by atomic mass is 16.5. The van der Waals surface area contributed by atoms with Crippen LogP contribution in [-0.2, 0) is 9.53 Å². The van der Waals surface area contributed by atoms with Gasteiger partial charge in [-0.3, -0.25) is 4.79 Å². The molecule has 0 saturated heterocycles. The maximum atomic E-state index is 11.9. The van der Waals surface area contributed by atoms with Crippen LogP contribution in [0.4, 0.5) is 0 Å². The zero-order chi connectivity index (χ0) is 14.8. The summed E-state index contributed by atoms with van der Waals surface area (Å²) < 4.78 is 4.86. The summed E-state index contributed by atoms with van der Waals surface area (Å²) in [5.41, 5.74) is 1.04. The second-order valence-corrected chi connectivity index (χ2v) is 4.22. The van der Waals surface area contributed by atoms with Gasteiger partial charge in [-0.05, 0) is 12.5 Å². The Morgan fingerprint density at radius 2 is 2.15 bits per heavy atom. The first-order valence-corrected chi connectivity index (χ1v) is 6.37. The average molecular weight is 273 g/mol. The standard InChI is InChI=1S/C15H19N3O2/c1-12(13-6-4-3-5-7-13)18-15(19)14(10-16)11-17-8-9-20-2/h3-7,11-12,17H,8-9H2,1-2H3,(H,18,19)/b14-11-. The first-order chi connectivity index (χ1) is 9.69. The molecule has 0 heterocycles. The van der Waals surface area contributed by atoms with Gasteiger partial charge in [-0.1, -0.05) is 30.3 Å². The Bertz CT molecular complexity index is 492. The molecule has 0 aliphatic rings. The number of ether oxygens (including phenoxy) is 1. The van der Waals surface area contributed by atoms with E-state index in [1.54, 1.807) is 7.11 Å². The number of rotatable bonds is 7. The molecule has 1 aromatic rings. The third-order valence-electron chi connectivity index (χ3n) is 2.71. The lowest BCUT2D eigenvalue weighted by atomic mass is 10.1. The van der Waals surface area contributed by atoms with Crippen LogP contribution in [-0.4, -0.2) is 26.2 Å². The highest BCUT2D eigenvalue weighted by molar-refractivity contribution is 5.97. The largest absolute Gasteiger partial charge is 0.387 e. The summed E-state index contributed by atoms with van der Waals surface area (Å²) in [7, 11) is 1.59. The molecular weight excluding hydrogens is 254 g/mol. The van der Waals surface area contributed by atoms with Gasteiger partial charge in [0.25, 0.3) is 5.91 Å². The molecular formula is C15H19N3O2. The van der Waals surface area contributed by atoms with Gasteiger partial charge in [0.05, 0.1) is 12.6 Å². The second-order valence-electron chi connectivity index (χ2n) is 4.22. The molecule has 2 N–H and O–H groups in total. The Morgan fingerprint density at radius 1 is 1.45 bits per heavy atom. The van der Waals surface area contributed by atoms with E-state index >= 15 is 0 Å². The fourth-order valence-corrected chi connectivity index (χ4v) is 1.58. The lowest BCUT2D eigenvalue weighted by Crippen LogP contribution is -2.28. The molecule has 0 saturated carbocycles. The smallest absolute Gasteiger partial charge is 0.263 e. The van der Waals surface area contributed by atoms with Gasteiger partial charge < -0.3 is 15.4 Å². The summed E-state index contributed by atoms with van der Waals surface area (Å²) in [6, 6.07) is 11.3. The van der Waals surface area contributed by atoms with Crippen molar-refractivity contribution < 1.29 is 9.53 Å². The van der Waals surface area contributed by atoms with Crippen LogP contribution in [0.15, 0.2) is 42.1 Å². The van der Waals surface area contributed by atoms with E-state index in [0.29, 0.717) is 13.2 Å². The van der Waals surface area contributed by atoms with Crippen molar-refractivity contribution in [1.29, 1.82) is 5.26 Å². The molecule has 0 aliphatic heterocycles. The summed E-state index contributed by atoms with van der Waals surface area (Å²) in [5, 5.41) is 14.6. The zero-order valence-electron chi connectivity index (χ0n) is 11.7. The Hall–Kier alpha value is -2.32. The predicted molar refractivity (Wildman–Crippen MR) is 76.6 cm³/mol. The quantitative estimate of drug-likeness (QED) is 0.448. The van der Waals surface area contributed by atoms with Gasteiger partial charge in [-0.2, -0.15) is 5.26 Å². The first kappa shape index (κ1) is 15.7. The van der Waals surface area contributed by atoms with Crippen LogP contribution in [0.3, 0.4) is 0 Å². The fraction of sp³-hybridized carbons (Fsp3) is 0.333. The Kier molecular flexibility index (Phi) is 6.87. The summed E-state index contributed by atoms with van der Waals surface area (Å²) in [6.45, 7) is 2.93. The fourth-order valence-electron chi connectivity index (χ4n) is 1.58. The van der Waals surface area contributed by atoms with Gasteiger partial charge >= 0.3 is 0 Å². The van der Waals surface area contributed by atoms with Crippen molar-refractivity contribution >= 4 is 5.91 Å². The van der Waals surface area contributed by atoms with Crippen molar-refractivity contribution in [1.82, 2.24) is 10.6 Å². The first-order valence-electron chi connectivity index (χ1n) is 6.37. The van der Waals surface area contributed by atoms with Gasteiger partial charge in [-0.15, -0.1) is 0 Å². The van der Waals surface area contributed by atoms with E-state index in [4.69, 9.17) is 10.00 Å². The van der Waals surface area contributed by atoms with Gasteiger partial charge in [0.2, 0.25) is 0 Å². The van der Waals surface area contributed by atoms with Gasteiger partial charge in [0.15, 0.2) is 0 Å². The second kappa shape index (κ2) is 8.73. The molecule has 0 bridgehead atoms. The molecule has 20 heavy (non-hydrogen) atoms. The van der Waals surface area contributed by atoms with Crippen molar-refractivity contribution in [3.8, 4) is 6.07 Å². The topological polar surface area (TPSA) is 74.1 Å². The predicted octanol–water partition coefficient (Wildman–Crippen LogP) is 1.51. The van der Waals surface area contributed by atoms with Crippen LogP contribution in [0.1, 0.15) is 18.5 Å². The highest BCUT2D eigenvalue weighted by Crippen LogP contribution is 2.11. The number of hydrogen-bond donors (Lipinski definition) is 2. The van der Waals surface area contributed by atoms with Crippen LogP contribution in [0, 0.1) is 11.3 Å². The van der Waals surface area contributed by atoms with Crippen LogP contribution >= 0.6 is 0 Å². The van der Waals surface area contributed by atoms with E-state index in [-0.39, 0.29) is 11.6 Å². The van der Waals surface area contributed by atoms with Crippen molar-refractivity contribution in [3.05, 3.63) is 47.7 Å². The zero-order valence-corrected chi connectivity index (χ0v) is 11.7. The lowest BCUT2D eigenvalue weighted by molar-refractivity contribution is -0.117. The lowest BCUT2D eigenvalue weighted by Gasteiger charge is -2.13. The molecule has 0 spiro atoms. The van der Waals surface area contributed by atoms with Crippen LogP contribution < -0.4 is 10.6 Å². The number of carbonyl (C=O) groups excluding carboxylic acids is 1. The Balaban J connectivity index is 2.57. The molecule has 5 heteroatoms. The SMILES string of the molecule is COCCN/C=C(/C#N)C(=O)NC(C)c1ccccc1. The van der Waals surface area contributed by atoms with Gasteiger partial charge in [-0.25, -0.2) is 0 Å². The van der Waals surface area contributed by atoms with Crippen LogP contribution in [0.5, 0.6) is 0 Å². The normalized spacial score (nSPS) is 12.3. The van der Waals surface area contributed by atoms with Crippen molar-refractivity contribution in [3.63, 3.8) is 0 Å². The Labute approximate surface area is 119 Å². The highest BCUT2D eigenvalue weighted by Gasteiger charge is 2.13. The number of benzene rings is 1. The van der Waals surface area contributed by atoms with Crippen molar-refractivity contribution in [2.45, 2.75) is 13.0 Å². The molecule has 0 aliphatic carbocycles. The summed E-state index contributed by atoms with van der Waals surface area (Å²) in [5.74, 6) is -0.395. The number of hydrogen-bond acceptors (Lipinski definition) is 4. The summed E-state index contributed by atoms with van der Waals surface area (Å²) in [4.78, 5) is 11.9. The number of nitrogens with zero attached hydrogens (tertiary/aromatic N) is 1. The minimum Gasteiger partial charge on any atom is -0.387 e. The molecule has 0 fully saturated rings. The molecule has 1 aromatic carbocycles. The van der Waals surface area contributed by atoms with E-state index in [0.717, 1.165) is 5.56 Å². The number of methoxy groups -OCH3 is 1. The van der Waals surface area contributed by atoms with Gasteiger partial charge in [0, 0.05) is 19.9 Å². The van der Waals surface area contributed by atoms with Gasteiger partial charge in [0.1, 0.15) is 11.6 Å². The Morgan fingerprint density at radius 3 is 2.75 bits per heavy atom. The number of carbonyl (C=O) groups is 1. The van der Waals surface area contributed by atoms with Crippen molar-refractivity contribution in [2.75, 3.05) is 20.3 Å². The molecule has 1 amide bonds. The van der Waals surface area contributed by atoms with E-state index in [9.17, 15) is 4.79 Å². The van der Waals surface area contributed by atoms with Crippen LogP contribution in [0.2, 0.25) is 0 Å². The average Bonchev–Trinajstić information content (AvgIpc) is 2.48. The van der Waals surface area contributed by atoms with E-state index < -0.39 is 5.91 Å². The molecule has 1 rings (SSSR count). The molecule has 5 nitrogen and oxygen atoms in total. The molecule has 1 atom stereocenters. The third-order valence-corrected chi connectivity index (χ3v) is 2.71. The number of nitrogens with one attached hydrogen (secondary N) is 2. The summed E-state index contributed by atoms with van der Waals surface area (Å²) in [6.07, 6.45) is 1.41. The summed E-state index contributed by atoms with van der Waals surface area (Å²) >= 11 is 0. The number of nitriles is 1. The molecule has 106 valence electrons. The van der Waals surface area contributed by atoms with Crippen molar-refractivity contribution in [2.24, 2.45) is 0 Å². The molecule has 0 radical (unpaired) electrons.